The highest BCUT2D eigenvalue weighted by Gasteiger charge is 2.21. The Morgan fingerprint density at radius 3 is 2.73 bits per heavy atom. The van der Waals surface area contributed by atoms with E-state index in [1.165, 1.54) is 13.2 Å². The Hall–Kier alpha value is -2.95. The van der Waals surface area contributed by atoms with Gasteiger partial charge in [-0.25, -0.2) is 4.79 Å². The van der Waals surface area contributed by atoms with Crippen LogP contribution in [0.5, 0.6) is 23.0 Å². The number of benzene rings is 2. The van der Waals surface area contributed by atoms with Crippen LogP contribution < -0.4 is 18.9 Å². The maximum atomic E-state index is 12.2. The van der Waals surface area contributed by atoms with Gasteiger partial charge in [0.25, 0.3) is 0 Å². The van der Waals surface area contributed by atoms with Gasteiger partial charge in [0.1, 0.15) is 17.6 Å². The zero-order valence-corrected chi connectivity index (χ0v) is 15.2. The SMILES string of the molecule is CCOc1cc2c(cc1C=CC(=O)Oc1ccccc1OC)OC(C)C2. The summed E-state index contributed by atoms with van der Waals surface area (Å²) in [5.41, 5.74) is 1.89. The van der Waals surface area contributed by atoms with Gasteiger partial charge in [-0.15, -0.1) is 0 Å². The molecule has 1 heterocycles. The Balaban J connectivity index is 1.79. The van der Waals surface area contributed by atoms with Crippen molar-refractivity contribution in [3.8, 4) is 23.0 Å². The lowest BCUT2D eigenvalue weighted by molar-refractivity contribution is -0.129. The van der Waals surface area contributed by atoms with Gasteiger partial charge in [0.2, 0.25) is 0 Å². The Morgan fingerprint density at radius 2 is 2.00 bits per heavy atom. The van der Waals surface area contributed by atoms with Gasteiger partial charge in [0.15, 0.2) is 11.5 Å². The van der Waals surface area contributed by atoms with Crippen molar-refractivity contribution >= 4 is 12.0 Å². The van der Waals surface area contributed by atoms with E-state index in [-0.39, 0.29) is 6.10 Å². The molecule has 0 radical (unpaired) electrons. The lowest BCUT2D eigenvalue weighted by Crippen LogP contribution is -2.05. The Bertz CT molecular complexity index is 825. The second-order valence-corrected chi connectivity index (χ2v) is 5.97. The van der Waals surface area contributed by atoms with Gasteiger partial charge < -0.3 is 18.9 Å². The predicted octanol–water partition coefficient (Wildman–Crippen LogP) is 4.04. The molecule has 3 rings (SSSR count). The summed E-state index contributed by atoms with van der Waals surface area (Å²) in [5.74, 6) is 1.95. The molecule has 2 aromatic carbocycles. The van der Waals surface area contributed by atoms with Crippen molar-refractivity contribution in [1.82, 2.24) is 0 Å². The van der Waals surface area contributed by atoms with Crippen molar-refractivity contribution in [2.75, 3.05) is 13.7 Å². The number of hydrogen-bond donors (Lipinski definition) is 0. The number of carbonyl (C=O) groups excluding carboxylic acids is 1. The Morgan fingerprint density at radius 1 is 1.23 bits per heavy atom. The van der Waals surface area contributed by atoms with E-state index in [0.29, 0.717) is 18.1 Å². The summed E-state index contributed by atoms with van der Waals surface area (Å²) in [6.45, 7) is 4.50. The lowest BCUT2D eigenvalue weighted by Gasteiger charge is -2.10. The third-order valence-electron chi connectivity index (χ3n) is 4.01. The van der Waals surface area contributed by atoms with E-state index < -0.39 is 5.97 Å². The zero-order chi connectivity index (χ0) is 18.5. The number of esters is 1. The summed E-state index contributed by atoms with van der Waals surface area (Å²) in [7, 11) is 1.53. The van der Waals surface area contributed by atoms with Crippen molar-refractivity contribution in [2.45, 2.75) is 26.4 Å². The maximum absolute atomic E-state index is 12.2. The molecule has 1 atom stereocenters. The first-order chi connectivity index (χ1) is 12.6. The highest BCUT2D eigenvalue weighted by molar-refractivity contribution is 5.89. The quantitative estimate of drug-likeness (QED) is 0.445. The molecule has 2 aromatic rings. The molecule has 0 saturated heterocycles. The fourth-order valence-electron chi connectivity index (χ4n) is 2.87. The van der Waals surface area contributed by atoms with Crippen LogP contribution in [0.2, 0.25) is 0 Å². The van der Waals surface area contributed by atoms with E-state index in [2.05, 4.69) is 0 Å². The normalized spacial score (nSPS) is 15.4. The lowest BCUT2D eigenvalue weighted by atomic mass is 10.1. The summed E-state index contributed by atoms with van der Waals surface area (Å²) in [6, 6.07) is 10.9. The number of ether oxygens (including phenoxy) is 4. The van der Waals surface area contributed by atoms with E-state index in [1.54, 1.807) is 24.3 Å². The van der Waals surface area contributed by atoms with Crippen molar-refractivity contribution < 1.29 is 23.7 Å². The van der Waals surface area contributed by atoms with E-state index in [9.17, 15) is 4.79 Å². The van der Waals surface area contributed by atoms with E-state index in [4.69, 9.17) is 18.9 Å². The summed E-state index contributed by atoms with van der Waals surface area (Å²) < 4.78 is 22.0. The minimum atomic E-state index is -0.494. The molecule has 0 aromatic heterocycles. The van der Waals surface area contributed by atoms with E-state index >= 15 is 0 Å². The second-order valence-electron chi connectivity index (χ2n) is 5.97. The molecule has 0 saturated carbocycles. The predicted molar refractivity (Wildman–Crippen MR) is 99.1 cm³/mol. The molecule has 0 N–H and O–H groups in total. The summed E-state index contributed by atoms with van der Waals surface area (Å²) in [4.78, 5) is 12.2. The Labute approximate surface area is 153 Å². The smallest absolute Gasteiger partial charge is 0.336 e. The van der Waals surface area contributed by atoms with Gasteiger partial charge in [-0.2, -0.15) is 0 Å². The van der Waals surface area contributed by atoms with Gasteiger partial charge in [-0.1, -0.05) is 12.1 Å². The average molecular weight is 354 g/mol. The molecule has 26 heavy (non-hydrogen) atoms. The number of fused-ring (bicyclic) bond motifs is 1. The van der Waals surface area contributed by atoms with Gasteiger partial charge in [-0.05, 0) is 44.2 Å². The third-order valence-corrected chi connectivity index (χ3v) is 4.01. The fraction of sp³-hybridized carbons (Fsp3) is 0.286. The van der Waals surface area contributed by atoms with Crippen LogP contribution in [0, 0.1) is 0 Å². The highest BCUT2D eigenvalue weighted by atomic mass is 16.6. The van der Waals surface area contributed by atoms with Gasteiger partial charge >= 0.3 is 5.97 Å². The van der Waals surface area contributed by atoms with Crippen LogP contribution in [-0.2, 0) is 11.2 Å². The monoisotopic (exact) mass is 354 g/mol. The van der Waals surface area contributed by atoms with Crippen molar-refractivity contribution in [1.29, 1.82) is 0 Å². The molecule has 0 amide bonds. The minimum Gasteiger partial charge on any atom is -0.493 e. The van der Waals surface area contributed by atoms with Crippen molar-refractivity contribution in [3.63, 3.8) is 0 Å². The number of rotatable bonds is 6. The number of hydrogen-bond acceptors (Lipinski definition) is 5. The minimum absolute atomic E-state index is 0.147. The maximum Gasteiger partial charge on any atom is 0.336 e. The molecule has 0 aliphatic carbocycles. The summed E-state index contributed by atoms with van der Waals surface area (Å²) in [5, 5.41) is 0. The molecular formula is C21H22O5. The average Bonchev–Trinajstić information content (AvgIpc) is 2.99. The van der Waals surface area contributed by atoms with Crippen LogP contribution in [0.1, 0.15) is 25.0 Å². The highest BCUT2D eigenvalue weighted by Crippen LogP contribution is 2.35. The molecule has 1 unspecified atom stereocenters. The molecule has 5 heteroatoms. The fourth-order valence-corrected chi connectivity index (χ4v) is 2.87. The van der Waals surface area contributed by atoms with Gasteiger partial charge in [-0.3, -0.25) is 0 Å². The third kappa shape index (κ3) is 3.99. The number of methoxy groups -OCH3 is 1. The van der Waals surface area contributed by atoms with Crippen LogP contribution in [0.15, 0.2) is 42.5 Å². The molecule has 0 fully saturated rings. The van der Waals surface area contributed by atoms with E-state index in [1.807, 2.05) is 32.0 Å². The molecule has 0 bridgehead atoms. The van der Waals surface area contributed by atoms with Crippen LogP contribution in [0.25, 0.3) is 6.08 Å². The molecule has 1 aliphatic heterocycles. The topological polar surface area (TPSA) is 54.0 Å². The zero-order valence-electron chi connectivity index (χ0n) is 15.2. The van der Waals surface area contributed by atoms with Gasteiger partial charge in [0.05, 0.1) is 13.7 Å². The molecular weight excluding hydrogens is 332 g/mol. The first-order valence-corrected chi connectivity index (χ1v) is 8.60. The molecule has 5 nitrogen and oxygen atoms in total. The van der Waals surface area contributed by atoms with Gasteiger partial charge in [0, 0.05) is 23.6 Å². The van der Waals surface area contributed by atoms with Crippen LogP contribution in [-0.4, -0.2) is 25.8 Å². The number of carbonyl (C=O) groups is 1. The second kappa shape index (κ2) is 7.95. The first kappa shape index (κ1) is 17.9. The molecule has 136 valence electrons. The van der Waals surface area contributed by atoms with Crippen LogP contribution in [0.3, 0.4) is 0 Å². The van der Waals surface area contributed by atoms with Crippen LogP contribution >= 0.6 is 0 Å². The first-order valence-electron chi connectivity index (χ1n) is 8.60. The largest absolute Gasteiger partial charge is 0.493 e. The standard InChI is InChI=1S/C21H22O5/c1-4-24-19-13-16-11-14(2)25-20(16)12-15(19)9-10-21(22)26-18-8-6-5-7-17(18)23-3/h5-10,12-14H,4,11H2,1-3H3. The summed E-state index contributed by atoms with van der Waals surface area (Å²) in [6.07, 6.45) is 4.05. The Kier molecular flexibility index (Phi) is 5.46. The summed E-state index contributed by atoms with van der Waals surface area (Å²) >= 11 is 0. The number of para-hydroxylation sites is 2. The molecule has 0 spiro atoms. The molecule has 1 aliphatic rings. The van der Waals surface area contributed by atoms with Crippen molar-refractivity contribution in [2.24, 2.45) is 0 Å². The van der Waals surface area contributed by atoms with E-state index in [0.717, 1.165) is 29.0 Å². The van der Waals surface area contributed by atoms with Crippen LogP contribution in [0.4, 0.5) is 0 Å². The van der Waals surface area contributed by atoms with Crippen molar-refractivity contribution in [3.05, 3.63) is 53.6 Å².